The molecule has 164 valence electrons. The van der Waals surface area contributed by atoms with Crippen molar-refractivity contribution in [3.8, 4) is 0 Å². The van der Waals surface area contributed by atoms with Gasteiger partial charge in [-0.3, -0.25) is 14.5 Å². The number of amides is 4. The van der Waals surface area contributed by atoms with E-state index in [2.05, 4.69) is 17.6 Å². The van der Waals surface area contributed by atoms with Crippen LogP contribution in [0.4, 0.5) is 10.5 Å². The number of anilines is 1. The summed E-state index contributed by atoms with van der Waals surface area (Å²) in [7, 11) is 0. The molecule has 31 heavy (non-hydrogen) atoms. The van der Waals surface area contributed by atoms with Gasteiger partial charge in [-0.05, 0) is 37.6 Å². The molecule has 0 saturated carbocycles. The first-order valence-corrected chi connectivity index (χ1v) is 11.5. The van der Waals surface area contributed by atoms with Gasteiger partial charge in [0.15, 0.2) is 0 Å². The minimum Gasteiger partial charge on any atom is -0.323 e. The number of carbonyl (C=O) groups is 3. The number of hydrogen-bond acceptors (Lipinski definition) is 4. The Morgan fingerprint density at radius 1 is 1.03 bits per heavy atom. The summed E-state index contributed by atoms with van der Waals surface area (Å²) < 4.78 is 0. The van der Waals surface area contributed by atoms with E-state index in [-0.39, 0.29) is 12.5 Å². The van der Waals surface area contributed by atoms with Gasteiger partial charge in [0.05, 0.1) is 5.69 Å². The zero-order valence-electron chi connectivity index (χ0n) is 18.0. The van der Waals surface area contributed by atoms with Gasteiger partial charge in [0.2, 0.25) is 5.91 Å². The monoisotopic (exact) mass is 439 g/mol. The van der Waals surface area contributed by atoms with E-state index in [0.29, 0.717) is 12.1 Å². The normalized spacial score (nSPS) is 18.2. The highest BCUT2D eigenvalue weighted by molar-refractivity contribution is 7.99. The topological polar surface area (TPSA) is 78.5 Å². The van der Waals surface area contributed by atoms with Crippen molar-refractivity contribution in [3.05, 3.63) is 54.6 Å². The van der Waals surface area contributed by atoms with Crippen LogP contribution >= 0.6 is 11.8 Å². The summed E-state index contributed by atoms with van der Waals surface area (Å²) in [4.78, 5) is 40.9. The van der Waals surface area contributed by atoms with Crippen LogP contribution in [0.2, 0.25) is 0 Å². The first-order valence-electron chi connectivity index (χ1n) is 10.7. The molecule has 0 aromatic heterocycles. The lowest BCUT2D eigenvalue weighted by Gasteiger charge is -2.21. The Kier molecular flexibility index (Phi) is 7.74. The van der Waals surface area contributed by atoms with Crippen LogP contribution in [0.3, 0.4) is 0 Å². The number of nitrogens with one attached hydrogen (secondary N) is 2. The van der Waals surface area contributed by atoms with Gasteiger partial charge in [-0.25, -0.2) is 4.79 Å². The highest BCUT2D eigenvalue weighted by Crippen LogP contribution is 2.33. The lowest BCUT2D eigenvalue weighted by molar-refractivity contribution is -0.133. The largest absolute Gasteiger partial charge is 0.325 e. The molecule has 2 aromatic carbocycles. The third-order valence-electron chi connectivity index (χ3n) is 5.31. The van der Waals surface area contributed by atoms with Crippen LogP contribution in [0.15, 0.2) is 64.4 Å². The van der Waals surface area contributed by atoms with Gasteiger partial charge in [-0.15, -0.1) is 0 Å². The summed E-state index contributed by atoms with van der Waals surface area (Å²) in [6, 6.07) is 16.8. The lowest BCUT2D eigenvalue weighted by Crippen LogP contribution is -2.44. The second kappa shape index (κ2) is 10.5. The van der Waals surface area contributed by atoms with Gasteiger partial charge in [0, 0.05) is 9.79 Å². The van der Waals surface area contributed by atoms with Gasteiger partial charge in [0.1, 0.15) is 12.1 Å². The van der Waals surface area contributed by atoms with Crippen molar-refractivity contribution in [2.24, 2.45) is 0 Å². The molecule has 6 nitrogen and oxygen atoms in total. The maximum Gasteiger partial charge on any atom is 0.325 e. The van der Waals surface area contributed by atoms with Gasteiger partial charge in [0.25, 0.3) is 5.91 Å². The van der Waals surface area contributed by atoms with Crippen molar-refractivity contribution in [1.82, 2.24) is 10.2 Å². The Labute approximate surface area is 187 Å². The zero-order chi connectivity index (χ0) is 22.3. The fourth-order valence-electron chi connectivity index (χ4n) is 3.57. The van der Waals surface area contributed by atoms with Crippen LogP contribution in [0, 0.1) is 0 Å². The SMILES string of the molecule is CCCCCCC1(C)NC(=O)N(CC(=O)Nc2ccccc2Sc2ccccc2)C1=O. The quantitative estimate of drug-likeness (QED) is 0.401. The van der Waals surface area contributed by atoms with Crippen LogP contribution in [-0.2, 0) is 9.59 Å². The number of nitrogens with zero attached hydrogens (tertiary/aromatic N) is 1. The Balaban J connectivity index is 1.62. The summed E-state index contributed by atoms with van der Waals surface area (Å²) in [5.41, 5.74) is -0.289. The van der Waals surface area contributed by atoms with Crippen molar-refractivity contribution in [2.45, 2.75) is 61.3 Å². The maximum atomic E-state index is 12.9. The van der Waals surface area contributed by atoms with Crippen LogP contribution in [0.5, 0.6) is 0 Å². The van der Waals surface area contributed by atoms with E-state index >= 15 is 0 Å². The van der Waals surface area contributed by atoms with Crippen molar-refractivity contribution >= 4 is 35.3 Å². The third kappa shape index (κ3) is 5.88. The number of unbranched alkanes of at least 4 members (excludes halogenated alkanes) is 3. The van der Waals surface area contributed by atoms with Crippen LogP contribution in [0.25, 0.3) is 0 Å². The van der Waals surface area contributed by atoms with Gasteiger partial charge >= 0.3 is 6.03 Å². The molecule has 2 aromatic rings. The predicted octanol–water partition coefficient (Wildman–Crippen LogP) is 5.06. The molecule has 0 spiro atoms. The highest BCUT2D eigenvalue weighted by Gasteiger charge is 2.47. The molecular formula is C24H29N3O3S. The maximum absolute atomic E-state index is 12.9. The van der Waals surface area contributed by atoms with E-state index < -0.39 is 17.5 Å². The smallest absolute Gasteiger partial charge is 0.323 e. The summed E-state index contributed by atoms with van der Waals surface area (Å²) in [5.74, 6) is -0.740. The van der Waals surface area contributed by atoms with E-state index in [0.717, 1.165) is 40.4 Å². The number of imide groups is 1. The Morgan fingerprint density at radius 2 is 1.74 bits per heavy atom. The van der Waals surface area contributed by atoms with Crippen molar-refractivity contribution in [3.63, 3.8) is 0 Å². The number of para-hydroxylation sites is 1. The second-order valence-electron chi connectivity index (χ2n) is 7.92. The van der Waals surface area contributed by atoms with Crippen LogP contribution in [-0.4, -0.2) is 34.8 Å². The summed E-state index contributed by atoms with van der Waals surface area (Å²) >= 11 is 1.54. The van der Waals surface area contributed by atoms with Crippen LogP contribution < -0.4 is 10.6 Å². The molecule has 1 fully saturated rings. The molecule has 0 bridgehead atoms. The van der Waals surface area contributed by atoms with Crippen molar-refractivity contribution < 1.29 is 14.4 Å². The minimum atomic E-state index is -0.938. The van der Waals surface area contributed by atoms with E-state index in [4.69, 9.17) is 0 Å². The average Bonchev–Trinajstić information content (AvgIpc) is 2.96. The number of urea groups is 1. The summed E-state index contributed by atoms with van der Waals surface area (Å²) in [6.45, 7) is 3.56. The molecule has 1 unspecified atom stereocenters. The molecule has 1 aliphatic heterocycles. The third-order valence-corrected chi connectivity index (χ3v) is 6.39. The van der Waals surface area contributed by atoms with E-state index in [1.807, 2.05) is 54.6 Å². The molecule has 1 atom stereocenters. The first-order chi connectivity index (χ1) is 14.9. The number of benzene rings is 2. The average molecular weight is 440 g/mol. The zero-order valence-corrected chi connectivity index (χ0v) is 18.8. The highest BCUT2D eigenvalue weighted by atomic mass is 32.2. The Bertz CT molecular complexity index is 935. The first kappa shape index (κ1) is 22.9. The molecule has 0 radical (unpaired) electrons. The minimum absolute atomic E-state index is 0.306. The Morgan fingerprint density at radius 3 is 2.48 bits per heavy atom. The fourth-order valence-corrected chi connectivity index (χ4v) is 4.50. The number of hydrogen-bond donors (Lipinski definition) is 2. The molecule has 0 aliphatic carbocycles. The number of carbonyl (C=O) groups excluding carboxylic acids is 3. The molecular weight excluding hydrogens is 410 g/mol. The fraction of sp³-hybridized carbons (Fsp3) is 0.375. The van der Waals surface area contributed by atoms with Crippen molar-refractivity contribution in [1.29, 1.82) is 0 Å². The molecule has 3 rings (SSSR count). The second-order valence-corrected chi connectivity index (χ2v) is 9.04. The molecule has 7 heteroatoms. The summed E-state index contributed by atoms with van der Waals surface area (Å²) in [6.07, 6.45) is 4.66. The molecule has 1 saturated heterocycles. The molecule has 2 N–H and O–H groups in total. The summed E-state index contributed by atoms with van der Waals surface area (Å²) in [5, 5.41) is 5.63. The van der Waals surface area contributed by atoms with Crippen molar-refractivity contribution in [2.75, 3.05) is 11.9 Å². The van der Waals surface area contributed by atoms with Gasteiger partial charge < -0.3 is 10.6 Å². The molecule has 1 heterocycles. The van der Waals surface area contributed by atoms with Gasteiger partial charge in [-0.1, -0.05) is 74.7 Å². The number of rotatable bonds is 10. The van der Waals surface area contributed by atoms with E-state index in [1.54, 1.807) is 6.92 Å². The van der Waals surface area contributed by atoms with Gasteiger partial charge in [-0.2, -0.15) is 0 Å². The lowest BCUT2D eigenvalue weighted by atomic mass is 9.94. The molecule has 1 aliphatic rings. The van der Waals surface area contributed by atoms with Crippen LogP contribution in [0.1, 0.15) is 46.0 Å². The van der Waals surface area contributed by atoms with E-state index in [9.17, 15) is 14.4 Å². The Hall–Kier alpha value is -2.80. The predicted molar refractivity (Wildman–Crippen MR) is 123 cm³/mol. The molecule has 4 amide bonds. The van der Waals surface area contributed by atoms with E-state index in [1.165, 1.54) is 11.8 Å². The standard InChI is InChI=1S/C24H29N3O3S/c1-3-4-5-11-16-24(2)22(29)27(23(30)26-24)17-21(28)25-19-14-9-10-15-20(19)31-18-12-7-6-8-13-18/h6-10,12-15H,3-5,11,16-17H2,1-2H3,(H,25,28)(H,26,30).